The summed E-state index contributed by atoms with van der Waals surface area (Å²) in [6, 6.07) is 22.2. The highest BCUT2D eigenvalue weighted by atomic mass is 35.5. The Bertz CT molecular complexity index is 1420. The van der Waals surface area contributed by atoms with Gasteiger partial charge in [0.2, 0.25) is 5.91 Å². The molecular formula is C28H26Cl2N4O3. The number of nitrogens with zero attached hydrogens (tertiary/aromatic N) is 2. The molecule has 37 heavy (non-hydrogen) atoms. The maximum absolute atomic E-state index is 12.7. The van der Waals surface area contributed by atoms with E-state index in [4.69, 9.17) is 27.9 Å². The van der Waals surface area contributed by atoms with Crippen molar-refractivity contribution in [2.24, 2.45) is 5.10 Å². The van der Waals surface area contributed by atoms with Gasteiger partial charge in [0, 0.05) is 29.2 Å². The van der Waals surface area contributed by atoms with Crippen molar-refractivity contribution in [1.82, 2.24) is 15.3 Å². The van der Waals surface area contributed by atoms with E-state index >= 15 is 0 Å². The molecule has 7 nitrogen and oxygen atoms in total. The molecule has 190 valence electrons. The van der Waals surface area contributed by atoms with Crippen molar-refractivity contribution in [1.29, 1.82) is 0 Å². The van der Waals surface area contributed by atoms with Gasteiger partial charge in [-0.2, -0.15) is 5.10 Å². The van der Waals surface area contributed by atoms with Crippen molar-refractivity contribution in [3.8, 4) is 0 Å². The van der Waals surface area contributed by atoms with E-state index in [0.29, 0.717) is 16.6 Å². The molecule has 4 aromatic rings. The van der Waals surface area contributed by atoms with E-state index < -0.39 is 12.1 Å². The van der Waals surface area contributed by atoms with Crippen LogP contribution in [0.3, 0.4) is 0 Å². The van der Waals surface area contributed by atoms with Crippen molar-refractivity contribution >= 4 is 52.3 Å². The van der Waals surface area contributed by atoms with Crippen LogP contribution in [0.1, 0.15) is 36.1 Å². The lowest BCUT2D eigenvalue weighted by atomic mass is 10.0. The Labute approximate surface area is 225 Å². The van der Waals surface area contributed by atoms with E-state index in [1.54, 1.807) is 19.2 Å². The first-order valence-electron chi connectivity index (χ1n) is 11.8. The molecule has 0 spiro atoms. The van der Waals surface area contributed by atoms with E-state index in [1.165, 1.54) is 0 Å². The number of aromatic nitrogens is 1. The van der Waals surface area contributed by atoms with E-state index in [-0.39, 0.29) is 18.9 Å². The smallest absolute Gasteiger partial charge is 0.407 e. The fraction of sp³-hybridized carbons (Fsp3) is 0.179. The molecule has 0 unspecified atom stereocenters. The van der Waals surface area contributed by atoms with E-state index in [2.05, 4.69) is 20.4 Å². The lowest BCUT2D eigenvalue weighted by Crippen LogP contribution is -2.33. The molecule has 0 saturated carbocycles. The van der Waals surface area contributed by atoms with E-state index in [1.807, 2.05) is 72.9 Å². The summed E-state index contributed by atoms with van der Waals surface area (Å²) in [6.45, 7) is 2.55. The number of fused-ring (bicyclic) bond motifs is 1. The molecule has 0 saturated heterocycles. The highest BCUT2D eigenvalue weighted by Crippen LogP contribution is 2.25. The average Bonchev–Trinajstić information content (AvgIpc) is 3.24. The second-order valence-electron chi connectivity index (χ2n) is 8.30. The molecule has 0 radical (unpaired) electrons. The number of para-hydroxylation sites is 1. The molecule has 1 aromatic heterocycles. The van der Waals surface area contributed by atoms with Crippen LogP contribution in [0, 0.1) is 0 Å². The number of amides is 2. The molecule has 1 heterocycles. The maximum Gasteiger partial charge on any atom is 0.407 e. The highest BCUT2D eigenvalue weighted by molar-refractivity contribution is 6.42. The number of carbonyl (C=O) groups excluding carboxylic acids is 2. The van der Waals surface area contributed by atoms with Crippen LogP contribution in [0.2, 0.25) is 10.0 Å². The lowest BCUT2D eigenvalue weighted by molar-refractivity contribution is -0.121. The second-order valence-corrected chi connectivity index (χ2v) is 9.12. The van der Waals surface area contributed by atoms with Gasteiger partial charge in [-0.15, -0.1) is 0 Å². The number of hydrogen-bond donors (Lipinski definition) is 2. The van der Waals surface area contributed by atoms with Crippen molar-refractivity contribution in [3.05, 3.63) is 106 Å². The van der Waals surface area contributed by atoms with Crippen LogP contribution >= 0.6 is 23.2 Å². The molecule has 0 aliphatic carbocycles. The second kappa shape index (κ2) is 12.4. The summed E-state index contributed by atoms with van der Waals surface area (Å²) in [5, 5.41) is 8.93. The zero-order valence-corrected chi connectivity index (χ0v) is 21.7. The molecule has 4 rings (SSSR count). The molecule has 1 atom stereocenters. The highest BCUT2D eigenvalue weighted by Gasteiger charge is 2.19. The van der Waals surface area contributed by atoms with Crippen LogP contribution in [-0.4, -0.2) is 29.4 Å². The van der Waals surface area contributed by atoms with Gasteiger partial charge in [0.1, 0.15) is 0 Å². The van der Waals surface area contributed by atoms with Crippen LogP contribution in [0.25, 0.3) is 10.9 Å². The SMILES string of the molecule is CCOC(=O)N[C@H](CC(=O)N/N=C\c1cn(Cc2ccc(Cl)c(Cl)c2)c2ccccc12)c1ccccc1. The Morgan fingerprint density at radius 3 is 2.54 bits per heavy atom. The summed E-state index contributed by atoms with van der Waals surface area (Å²) in [7, 11) is 0. The predicted molar refractivity (Wildman–Crippen MR) is 147 cm³/mol. The van der Waals surface area contributed by atoms with Gasteiger partial charge in [-0.3, -0.25) is 4.79 Å². The molecule has 0 aliphatic heterocycles. The van der Waals surface area contributed by atoms with Gasteiger partial charge in [0.15, 0.2) is 0 Å². The minimum absolute atomic E-state index is 0.000741. The molecule has 0 fully saturated rings. The summed E-state index contributed by atoms with van der Waals surface area (Å²) >= 11 is 12.2. The van der Waals surface area contributed by atoms with Gasteiger partial charge in [-0.1, -0.05) is 77.8 Å². The number of hydrogen-bond acceptors (Lipinski definition) is 4. The van der Waals surface area contributed by atoms with Crippen LogP contribution in [0.5, 0.6) is 0 Å². The number of halogens is 2. The minimum atomic E-state index is -0.581. The Kier molecular flexibility index (Phi) is 8.82. The molecule has 0 aliphatic rings. The van der Waals surface area contributed by atoms with Gasteiger partial charge in [0.05, 0.1) is 35.3 Å². The molecule has 2 amide bonds. The molecule has 2 N–H and O–H groups in total. The van der Waals surface area contributed by atoms with E-state index in [9.17, 15) is 9.59 Å². The average molecular weight is 537 g/mol. The molecule has 0 bridgehead atoms. The Balaban J connectivity index is 1.47. The summed E-state index contributed by atoms with van der Waals surface area (Å²) in [5.41, 5.74) is 6.24. The predicted octanol–water partition coefficient (Wildman–Crippen LogP) is 6.32. The third kappa shape index (κ3) is 6.90. The summed E-state index contributed by atoms with van der Waals surface area (Å²) in [5.74, 6) is -0.346. The lowest BCUT2D eigenvalue weighted by Gasteiger charge is -2.18. The fourth-order valence-corrected chi connectivity index (χ4v) is 4.32. The third-order valence-corrected chi connectivity index (χ3v) is 6.45. The van der Waals surface area contributed by atoms with Crippen LogP contribution < -0.4 is 10.7 Å². The summed E-state index contributed by atoms with van der Waals surface area (Å²) in [4.78, 5) is 24.7. The number of carbonyl (C=O) groups is 2. The van der Waals surface area contributed by atoms with Gasteiger partial charge < -0.3 is 14.6 Å². The largest absolute Gasteiger partial charge is 0.450 e. The monoisotopic (exact) mass is 536 g/mol. The van der Waals surface area contributed by atoms with Crippen molar-refractivity contribution in [3.63, 3.8) is 0 Å². The zero-order valence-electron chi connectivity index (χ0n) is 20.2. The van der Waals surface area contributed by atoms with Gasteiger partial charge in [-0.05, 0) is 36.2 Å². The summed E-state index contributed by atoms with van der Waals surface area (Å²) < 4.78 is 7.07. The Morgan fingerprint density at radius 2 is 1.78 bits per heavy atom. The number of alkyl carbamates (subject to hydrolysis) is 1. The first kappa shape index (κ1) is 26.3. The molecule has 9 heteroatoms. The number of rotatable bonds is 9. The van der Waals surface area contributed by atoms with Gasteiger partial charge in [0.25, 0.3) is 0 Å². The van der Waals surface area contributed by atoms with Gasteiger partial charge in [-0.25, -0.2) is 10.2 Å². The van der Waals surface area contributed by atoms with Gasteiger partial charge >= 0.3 is 6.09 Å². The standard InChI is InChI=1S/C28H26Cl2N4O3/c1-2-37-28(36)32-25(20-8-4-3-5-9-20)15-27(35)33-31-16-21-18-34(26-11-7-6-10-22(21)26)17-19-12-13-23(29)24(30)14-19/h3-14,16,18,25H,2,15,17H2,1H3,(H,32,36)(H,33,35)/b31-16-/t25-/m1/s1. The summed E-state index contributed by atoms with van der Waals surface area (Å²) in [6.07, 6.45) is 3.00. The normalized spacial score (nSPS) is 12.0. The number of nitrogens with one attached hydrogen (secondary N) is 2. The first-order chi connectivity index (χ1) is 17.9. The minimum Gasteiger partial charge on any atom is -0.450 e. The van der Waals surface area contributed by atoms with Crippen molar-refractivity contribution in [2.45, 2.75) is 25.9 Å². The van der Waals surface area contributed by atoms with Crippen molar-refractivity contribution < 1.29 is 14.3 Å². The third-order valence-electron chi connectivity index (χ3n) is 5.71. The number of benzene rings is 3. The van der Waals surface area contributed by atoms with Crippen LogP contribution in [0.4, 0.5) is 4.79 Å². The topological polar surface area (TPSA) is 84.7 Å². The van der Waals surface area contributed by atoms with Crippen molar-refractivity contribution in [2.75, 3.05) is 6.61 Å². The Hall–Kier alpha value is -3.81. The molecular weight excluding hydrogens is 511 g/mol. The van der Waals surface area contributed by atoms with E-state index in [0.717, 1.165) is 27.6 Å². The first-order valence-corrected chi connectivity index (χ1v) is 12.5. The number of hydrazone groups is 1. The maximum atomic E-state index is 12.7. The molecule has 3 aromatic carbocycles. The quantitative estimate of drug-likeness (QED) is 0.194. The fourth-order valence-electron chi connectivity index (χ4n) is 4.00. The van der Waals surface area contributed by atoms with Crippen LogP contribution in [-0.2, 0) is 16.1 Å². The Morgan fingerprint density at radius 1 is 1.03 bits per heavy atom. The zero-order chi connectivity index (χ0) is 26.2. The van der Waals surface area contributed by atoms with Crippen LogP contribution in [0.15, 0.2) is 84.1 Å². The number of ether oxygens (including phenoxy) is 1.